The number of hydrogen-bond donors (Lipinski definition) is 2. The summed E-state index contributed by atoms with van der Waals surface area (Å²) in [7, 11) is 1.73. The zero-order valence-electron chi connectivity index (χ0n) is 13.3. The minimum absolute atomic E-state index is 0. The van der Waals surface area contributed by atoms with Gasteiger partial charge in [0.1, 0.15) is 0 Å². The topological polar surface area (TPSA) is 50.4 Å². The molecule has 0 radical (unpaired) electrons. The molecule has 1 unspecified atom stereocenters. The number of ether oxygens (including phenoxy) is 1. The number of carbonyl (C=O) groups is 1. The number of carbonyl (C=O) groups excluding carboxylic acids is 1. The summed E-state index contributed by atoms with van der Waals surface area (Å²) >= 11 is 0. The molecular weight excluding hydrogens is 288 g/mol. The van der Waals surface area contributed by atoms with Crippen molar-refractivity contribution in [2.75, 3.05) is 26.8 Å². The smallest absolute Gasteiger partial charge is 0.220 e. The predicted molar refractivity (Wildman–Crippen MR) is 87.9 cm³/mol. The third-order valence-electron chi connectivity index (χ3n) is 4.83. The number of methoxy groups -OCH3 is 1. The Balaban J connectivity index is 0.00000220. The van der Waals surface area contributed by atoms with E-state index in [1.165, 1.54) is 44.9 Å². The molecule has 5 heteroatoms. The summed E-state index contributed by atoms with van der Waals surface area (Å²) in [6.07, 6.45) is 10.7. The highest BCUT2D eigenvalue weighted by atomic mass is 35.5. The Morgan fingerprint density at radius 1 is 1.24 bits per heavy atom. The van der Waals surface area contributed by atoms with Gasteiger partial charge in [0.25, 0.3) is 0 Å². The van der Waals surface area contributed by atoms with Crippen molar-refractivity contribution in [3.05, 3.63) is 0 Å². The largest absolute Gasteiger partial charge is 0.383 e. The second-order valence-corrected chi connectivity index (χ2v) is 6.58. The van der Waals surface area contributed by atoms with Crippen LogP contribution in [0.2, 0.25) is 0 Å². The fourth-order valence-electron chi connectivity index (χ4n) is 3.64. The van der Waals surface area contributed by atoms with Gasteiger partial charge in [0, 0.05) is 20.1 Å². The molecule has 1 amide bonds. The van der Waals surface area contributed by atoms with Crippen LogP contribution in [-0.4, -0.2) is 38.3 Å². The molecule has 4 nitrogen and oxygen atoms in total. The summed E-state index contributed by atoms with van der Waals surface area (Å²) in [5, 5.41) is 6.64. The van der Waals surface area contributed by atoms with Gasteiger partial charge in [-0.1, -0.05) is 25.7 Å². The second kappa shape index (κ2) is 9.65. The number of nitrogens with one attached hydrogen (secondary N) is 2. The van der Waals surface area contributed by atoms with Crippen LogP contribution in [0, 0.1) is 5.92 Å². The minimum atomic E-state index is -0.0339. The van der Waals surface area contributed by atoms with Crippen LogP contribution in [0.4, 0.5) is 0 Å². The standard InChI is InChI=1S/C16H30N2O2.ClH/c1-20-13-16(9-6-10-18-16)12-17-15(19)11-14-7-4-2-3-5-8-14;/h14,18H,2-13H2,1H3,(H,17,19);1H. The SMILES string of the molecule is COCC1(CNC(=O)CC2CCCCCC2)CCCN1.Cl. The lowest BCUT2D eigenvalue weighted by atomic mass is 9.95. The predicted octanol–water partition coefficient (Wildman–Crippen LogP) is 2.65. The Morgan fingerprint density at radius 2 is 1.95 bits per heavy atom. The molecule has 21 heavy (non-hydrogen) atoms. The van der Waals surface area contributed by atoms with E-state index in [0.29, 0.717) is 25.5 Å². The van der Waals surface area contributed by atoms with E-state index >= 15 is 0 Å². The van der Waals surface area contributed by atoms with Crippen LogP contribution in [0.5, 0.6) is 0 Å². The Hall–Kier alpha value is -0.320. The molecule has 2 rings (SSSR count). The molecule has 1 aliphatic carbocycles. The molecule has 1 saturated heterocycles. The molecule has 2 aliphatic rings. The lowest BCUT2D eigenvalue weighted by Gasteiger charge is -2.29. The van der Waals surface area contributed by atoms with Gasteiger partial charge in [0.05, 0.1) is 12.1 Å². The van der Waals surface area contributed by atoms with E-state index in [0.717, 1.165) is 13.0 Å². The summed E-state index contributed by atoms with van der Waals surface area (Å²) in [5.74, 6) is 0.827. The molecule has 1 saturated carbocycles. The fraction of sp³-hybridized carbons (Fsp3) is 0.938. The highest BCUT2D eigenvalue weighted by molar-refractivity contribution is 5.85. The van der Waals surface area contributed by atoms with Crippen LogP contribution in [0.15, 0.2) is 0 Å². The molecule has 1 aliphatic heterocycles. The van der Waals surface area contributed by atoms with Gasteiger partial charge in [0.15, 0.2) is 0 Å². The van der Waals surface area contributed by atoms with Crippen molar-refractivity contribution in [2.24, 2.45) is 5.92 Å². The average Bonchev–Trinajstić information content (AvgIpc) is 2.74. The van der Waals surface area contributed by atoms with E-state index in [4.69, 9.17) is 4.74 Å². The molecule has 124 valence electrons. The third-order valence-corrected chi connectivity index (χ3v) is 4.83. The van der Waals surface area contributed by atoms with Crippen LogP contribution in [-0.2, 0) is 9.53 Å². The molecule has 0 aromatic carbocycles. The molecule has 0 aromatic rings. The summed E-state index contributed by atoms with van der Waals surface area (Å²) in [5.41, 5.74) is -0.0339. The molecule has 2 N–H and O–H groups in total. The van der Waals surface area contributed by atoms with Crippen molar-refractivity contribution < 1.29 is 9.53 Å². The van der Waals surface area contributed by atoms with Gasteiger partial charge in [0.2, 0.25) is 5.91 Å². The Labute approximate surface area is 135 Å². The third kappa shape index (κ3) is 6.13. The van der Waals surface area contributed by atoms with Crippen molar-refractivity contribution >= 4 is 18.3 Å². The van der Waals surface area contributed by atoms with Crippen LogP contribution in [0.1, 0.15) is 57.8 Å². The zero-order chi connectivity index (χ0) is 14.3. The first kappa shape index (κ1) is 18.7. The normalized spacial score (nSPS) is 26.9. The van der Waals surface area contributed by atoms with E-state index in [9.17, 15) is 4.79 Å². The Kier molecular flexibility index (Phi) is 8.60. The van der Waals surface area contributed by atoms with Crippen molar-refractivity contribution in [3.63, 3.8) is 0 Å². The van der Waals surface area contributed by atoms with Crippen LogP contribution in [0.25, 0.3) is 0 Å². The van der Waals surface area contributed by atoms with Gasteiger partial charge >= 0.3 is 0 Å². The van der Waals surface area contributed by atoms with Crippen LogP contribution >= 0.6 is 12.4 Å². The molecule has 2 fully saturated rings. The molecular formula is C16H31ClN2O2. The summed E-state index contributed by atoms with van der Waals surface area (Å²) < 4.78 is 5.31. The van der Waals surface area contributed by atoms with Gasteiger partial charge < -0.3 is 15.4 Å². The number of rotatable bonds is 6. The van der Waals surface area contributed by atoms with Crippen molar-refractivity contribution in [2.45, 2.75) is 63.3 Å². The summed E-state index contributed by atoms with van der Waals surface area (Å²) in [6.45, 7) is 2.41. The fourth-order valence-corrected chi connectivity index (χ4v) is 3.64. The molecule has 0 spiro atoms. The summed E-state index contributed by atoms with van der Waals surface area (Å²) in [6, 6.07) is 0. The first-order valence-electron chi connectivity index (χ1n) is 8.25. The van der Waals surface area contributed by atoms with E-state index in [1.807, 2.05) is 0 Å². The van der Waals surface area contributed by atoms with Gasteiger partial charge in [-0.25, -0.2) is 0 Å². The lowest BCUT2D eigenvalue weighted by molar-refractivity contribution is -0.122. The minimum Gasteiger partial charge on any atom is -0.383 e. The molecule has 0 bridgehead atoms. The van der Waals surface area contributed by atoms with Gasteiger partial charge in [-0.3, -0.25) is 4.79 Å². The van der Waals surface area contributed by atoms with E-state index < -0.39 is 0 Å². The van der Waals surface area contributed by atoms with E-state index in [2.05, 4.69) is 10.6 Å². The average molecular weight is 319 g/mol. The summed E-state index contributed by atoms with van der Waals surface area (Å²) in [4.78, 5) is 12.1. The van der Waals surface area contributed by atoms with E-state index in [1.54, 1.807) is 7.11 Å². The van der Waals surface area contributed by atoms with Crippen molar-refractivity contribution in [1.82, 2.24) is 10.6 Å². The Morgan fingerprint density at radius 3 is 2.52 bits per heavy atom. The van der Waals surface area contributed by atoms with Gasteiger partial charge in [-0.05, 0) is 38.1 Å². The van der Waals surface area contributed by atoms with Crippen molar-refractivity contribution in [1.29, 1.82) is 0 Å². The first-order chi connectivity index (χ1) is 9.74. The Bertz CT molecular complexity index is 299. The highest BCUT2D eigenvalue weighted by Gasteiger charge is 2.33. The lowest BCUT2D eigenvalue weighted by Crippen LogP contribution is -2.53. The maximum absolute atomic E-state index is 12.1. The van der Waals surface area contributed by atoms with E-state index in [-0.39, 0.29) is 23.9 Å². The van der Waals surface area contributed by atoms with Gasteiger partial charge in [-0.2, -0.15) is 0 Å². The first-order valence-corrected chi connectivity index (χ1v) is 8.25. The highest BCUT2D eigenvalue weighted by Crippen LogP contribution is 2.25. The number of amides is 1. The zero-order valence-corrected chi connectivity index (χ0v) is 14.1. The maximum Gasteiger partial charge on any atom is 0.220 e. The molecule has 0 aromatic heterocycles. The quantitative estimate of drug-likeness (QED) is 0.740. The second-order valence-electron chi connectivity index (χ2n) is 6.58. The number of halogens is 1. The van der Waals surface area contributed by atoms with Gasteiger partial charge in [-0.15, -0.1) is 12.4 Å². The van der Waals surface area contributed by atoms with Crippen LogP contribution in [0.3, 0.4) is 0 Å². The molecule has 1 atom stereocenters. The van der Waals surface area contributed by atoms with Crippen LogP contribution < -0.4 is 10.6 Å². The maximum atomic E-state index is 12.1. The number of hydrogen-bond acceptors (Lipinski definition) is 3. The molecule has 1 heterocycles. The van der Waals surface area contributed by atoms with Crippen molar-refractivity contribution in [3.8, 4) is 0 Å². The monoisotopic (exact) mass is 318 g/mol.